The highest BCUT2D eigenvalue weighted by atomic mass is 32.2. The summed E-state index contributed by atoms with van der Waals surface area (Å²) in [5, 5.41) is 4.31. The van der Waals surface area contributed by atoms with E-state index in [2.05, 4.69) is 15.0 Å². The van der Waals surface area contributed by atoms with Gasteiger partial charge in [-0.05, 0) is 32.0 Å². The molecule has 3 heterocycles. The summed E-state index contributed by atoms with van der Waals surface area (Å²) in [7, 11) is 1.39. The van der Waals surface area contributed by atoms with Gasteiger partial charge in [-0.1, -0.05) is 36.9 Å². The van der Waals surface area contributed by atoms with Crippen LogP contribution in [0.3, 0.4) is 0 Å². The third-order valence-corrected chi connectivity index (χ3v) is 6.78. The lowest BCUT2D eigenvalue weighted by molar-refractivity contribution is -0.147. The SMILES string of the molecule is CCc1nc2n(n1)C(=O)C(C(c1ccccc1F)N1CCC(C(=O)OC)CC1)S2. The summed E-state index contributed by atoms with van der Waals surface area (Å²) < 4.78 is 21.0. The molecule has 1 fully saturated rings. The van der Waals surface area contributed by atoms with Crippen LogP contribution in [0.4, 0.5) is 4.39 Å². The van der Waals surface area contributed by atoms with Crippen molar-refractivity contribution in [3.05, 3.63) is 41.5 Å². The fourth-order valence-corrected chi connectivity index (χ4v) is 5.30. The smallest absolute Gasteiger partial charge is 0.308 e. The summed E-state index contributed by atoms with van der Waals surface area (Å²) >= 11 is 1.34. The predicted molar refractivity (Wildman–Crippen MR) is 105 cm³/mol. The van der Waals surface area contributed by atoms with E-state index in [4.69, 9.17) is 4.74 Å². The Kier molecular flexibility index (Phi) is 5.69. The zero-order valence-corrected chi connectivity index (χ0v) is 17.2. The van der Waals surface area contributed by atoms with Crippen molar-refractivity contribution in [3.8, 4) is 0 Å². The number of fused-ring (bicyclic) bond motifs is 1. The number of carbonyl (C=O) groups is 2. The fourth-order valence-electron chi connectivity index (χ4n) is 4.04. The van der Waals surface area contributed by atoms with E-state index < -0.39 is 11.3 Å². The molecule has 2 unspecified atom stereocenters. The number of rotatable bonds is 5. The number of ether oxygens (including phenoxy) is 1. The highest BCUT2D eigenvalue weighted by molar-refractivity contribution is 8.00. The van der Waals surface area contributed by atoms with Crippen molar-refractivity contribution in [1.29, 1.82) is 0 Å². The Morgan fingerprint density at radius 1 is 1.34 bits per heavy atom. The van der Waals surface area contributed by atoms with E-state index in [9.17, 15) is 14.0 Å². The van der Waals surface area contributed by atoms with Gasteiger partial charge in [0.25, 0.3) is 5.91 Å². The predicted octanol–water partition coefficient (Wildman–Crippen LogP) is 2.72. The summed E-state index contributed by atoms with van der Waals surface area (Å²) in [6.07, 6.45) is 1.88. The lowest BCUT2D eigenvalue weighted by Crippen LogP contribution is -2.44. The molecule has 2 aromatic rings. The lowest BCUT2D eigenvalue weighted by Gasteiger charge is -2.38. The number of aryl methyl sites for hydroxylation is 1. The average Bonchev–Trinajstić information content (AvgIpc) is 3.29. The maximum Gasteiger partial charge on any atom is 0.308 e. The van der Waals surface area contributed by atoms with Crippen molar-refractivity contribution in [3.63, 3.8) is 0 Å². The Hall–Kier alpha value is -2.26. The van der Waals surface area contributed by atoms with E-state index in [0.29, 0.717) is 48.9 Å². The van der Waals surface area contributed by atoms with Gasteiger partial charge in [-0.3, -0.25) is 14.5 Å². The van der Waals surface area contributed by atoms with Crippen molar-refractivity contribution in [2.45, 2.75) is 42.6 Å². The van der Waals surface area contributed by atoms with Gasteiger partial charge in [0.2, 0.25) is 0 Å². The van der Waals surface area contributed by atoms with Crippen LogP contribution in [0.1, 0.15) is 42.0 Å². The number of likely N-dealkylation sites (tertiary alicyclic amines) is 1. The number of esters is 1. The Morgan fingerprint density at radius 3 is 2.69 bits per heavy atom. The molecule has 0 saturated carbocycles. The second kappa shape index (κ2) is 8.23. The van der Waals surface area contributed by atoms with Gasteiger partial charge in [0.05, 0.1) is 19.1 Å². The molecule has 4 rings (SSSR count). The second-order valence-electron chi connectivity index (χ2n) is 7.25. The second-order valence-corrected chi connectivity index (χ2v) is 8.36. The molecule has 0 N–H and O–H groups in total. The molecule has 0 amide bonds. The van der Waals surface area contributed by atoms with Gasteiger partial charge >= 0.3 is 5.97 Å². The summed E-state index contributed by atoms with van der Waals surface area (Å²) in [5.41, 5.74) is 0.483. The molecule has 9 heteroatoms. The monoisotopic (exact) mass is 418 g/mol. The Morgan fingerprint density at radius 2 is 2.07 bits per heavy atom. The van der Waals surface area contributed by atoms with E-state index in [1.54, 1.807) is 18.2 Å². The quantitative estimate of drug-likeness (QED) is 0.691. The molecule has 29 heavy (non-hydrogen) atoms. The van der Waals surface area contributed by atoms with Crippen molar-refractivity contribution in [2.24, 2.45) is 5.92 Å². The molecule has 1 saturated heterocycles. The average molecular weight is 418 g/mol. The molecule has 1 aromatic carbocycles. The summed E-state index contributed by atoms with van der Waals surface area (Å²) in [5.74, 6) is -0.266. The molecule has 0 bridgehead atoms. The van der Waals surface area contributed by atoms with Crippen molar-refractivity contribution >= 4 is 23.6 Å². The molecular formula is C20H23FN4O3S. The van der Waals surface area contributed by atoms with Crippen LogP contribution in [0.2, 0.25) is 0 Å². The fraction of sp³-hybridized carbons (Fsp3) is 0.500. The van der Waals surface area contributed by atoms with Crippen LogP contribution in [-0.4, -0.2) is 57.0 Å². The Balaban J connectivity index is 1.62. The molecule has 7 nitrogen and oxygen atoms in total. The highest BCUT2D eigenvalue weighted by Gasteiger charge is 2.44. The van der Waals surface area contributed by atoms with Crippen LogP contribution in [0.25, 0.3) is 0 Å². The van der Waals surface area contributed by atoms with Crippen LogP contribution >= 0.6 is 11.8 Å². The number of nitrogens with zero attached hydrogens (tertiary/aromatic N) is 4. The maximum atomic E-state index is 14.7. The van der Waals surface area contributed by atoms with Gasteiger partial charge in [-0.25, -0.2) is 9.37 Å². The number of hydrogen-bond donors (Lipinski definition) is 0. The minimum atomic E-state index is -0.539. The summed E-state index contributed by atoms with van der Waals surface area (Å²) in [6.45, 7) is 3.10. The van der Waals surface area contributed by atoms with Crippen LogP contribution in [-0.2, 0) is 16.0 Å². The molecule has 2 atom stereocenters. The topological polar surface area (TPSA) is 77.3 Å². The van der Waals surface area contributed by atoms with Crippen molar-refractivity contribution in [2.75, 3.05) is 20.2 Å². The third-order valence-electron chi connectivity index (χ3n) is 5.59. The highest BCUT2D eigenvalue weighted by Crippen LogP contribution is 2.42. The number of carbonyl (C=O) groups excluding carboxylic acids is 2. The van der Waals surface area contributed by atoms with Gasteiger partial charge in [0.1, 0.15) is 11.1 Å². The molecule has 0 radical (unpaired) electrons. The third kappa shape index (κ3) is 3.69. The number of piperidine rings is 1. The van der Waals surface area contributed by atoms with Gasteiger partial charge in [0, 0.05) is 12.0 Å². The minimum Gasteiger partial charge on any atom is -0.469 e. The number of hydrogen-bond acceptors (Lipinski definition) is 7. The van der Waals surface area contributed by atoms with Gasteiger partial charge in [-0.2, -0.15) is 4.68 Å². The van der Waals surface area contributed by atoms with E-state index in [0.717, 1.165) is 0 Å². The Bertz CT molecular complexity index is 926. The molecule has 154 valence electrons. The van der Waals surface area contributed by atoms with Gasteiger partial charge < -0.3 is 4.74 Å². The zero-order chi connectivity index (χ0) is 20.5. The minimum absolute atomic E-state index is 0.159. The largest absolute Gasteiger partial charge is 0.469 e. The van der Waals surface area contributed by atoms with Crippen molar-refractivity contribution in [1.82, 2.24) is 19.7 Å². The first kappa shape index (κ1) is 20.0. The standard InChI is InChI=1S/C20H23FN4O3S/c1-3-15-22-20-25(23-15)18(26)17(29-20)16(13-6-4-5-7-14(13)21)24-10-8-12(9-11-24)19(27)28-2/h4-7,12,16-17H,3,8-11H2,1-2H3. The zero-order valence-electron chi connectivity index (χ0n) is 16.4. The van der Waals surface area contributed by atoms with Crippen LogP contribution < -0.4 is 0 Å². The van der Waals surface area contributed by atoms with E-state index in [1.165, 1.54) is 29.6 Å². The number of halogens is 1. The molecule has 0 spiro atoms. The number of benzene rings is 1. The number of thioether (sulfide) groups is 1. The lowest BCUT2D eigenvalue weighted by atomic mass is 9.92. The molecular weight excluding hydrogens is 395 g/mol. The van der Waals surface area contributed by atoms with Crippen LogP contribution in [0.5, 0.6) is 0 Å². The number of aromatic nitrogens is 3. The number of methoxy groups -OCH3 is 1. The Labute approximate surface area is 172 Å². The maximum absolute atomic E-state index is 14.7. The van der Waals surface area contributed by atoms with E-state index in [-0.39, 0.29) is 23.6 Å². The van der Waals surface area contributed by atoms with E-state index >= 15 is 0 Å². The first-order valence-electron chi connectivity index (χ1n) is 9.76. The molecule has 2 aliphatic rings. The summed E-state index contributed by atoms with van der Waals surface area (Å²) in [6, 6.07) is 6.11. The van der Waals surface area contributed by atoms with Crippen molar-refractivity contribution < 1.29 is 18.7 Å². The normalized spacial score (nSPS) is 21.2. The first-order chi connectivity index (χ1) is 14.0. The molecule has 1 aromatic heterocycles. The van der Waals surface area contributed by atoms with Gasteiger partial charge in [-0.15, -0.1) is 5.10 Å². The van der Waals surface area contributed by atoms with Crippen LogP contribution in [0, 0.1) is 11.7 Å². The van der Waals surface area contributed by atoms with E-state index in [1.807, 2.05) is 6.92 Å². The molecule has 2 aliphatic heterocycles. The first-order valence-corrected chi connectivity index (χ1v) is 10.6. The van der Waals surface area contributed by atoms with Gasteiger partial charge in [0.15, 0.2) is 11.0 Å². The summed E-state index contributed by atoms with van der Waals surface area (Å²) in [4.78, 5) is 31.5. The van der Waals surface area contributed by atoms with Crippen LogP contribution in [0.15, 0.2) is 29.4 Å². The molecule has 0 aliphatic carbocycles.